The highest BCUT2D eigenvalue weighted by Crippen LogP contribution is 2.41. The summed E-state index contributed by atoms with van der Waals surface area (Å²) < 4.78 is 0. The second kappa shape index (κ2) is 2.33. The maximum Gasteiger partial charge on any atom is 0.0490 e. The molecular formula is C9H13N3. The molecule has 2 fully saturated rings. The minimum atomic E-state index is 0.700. The second-order valence-electron chi connectivity index (χ2n) is 3.97. The molecule has 0 spiro atoms. The van der Waals surface area contributed by atoms with E-state index < -0.39 is 0 Å². The lowest BCUT2D eigenvalue weighted by Gasteiger charge is -2.21. The number of fused-ring (bicyclic) bond motifs is 2. The van der Waals surface area contributed by atoms with Crippen molar-refractivity contribution in [3.8, 4) is 0 Å². The molecule has 1 aromatic rings. The fourth-order valence-corrected chi connectivity index (χ4v) is 2.67. The van der Waals surface area contributed by atoms with Crippen LogP contribution in [-0.2, 0) is 0 Å². The van der Waals surface area contributed by atoms with E-state index in [9.17, 15) is 0 Å². The van der Waals surface area contributed by atoms with Gasteiger partial charge in [0.05, 0.1) is 0 Å². The van der Waals surface area contributed by atoms with E-state index in [4.69, 9.17) is 0 Å². The van der Waals surface area contributed by atoms with Gasteiger partial charge in [-0.05, 0) is 31.4 Å². The average Bonchev–Trinajstić information content (AvgIpc) is 2.81. The number of rotatable bonds is 1. The van der Waals surface area contributed by atoms with Gasteiger partial charge < -0.3 is 5.32 Å². The first-order valence-corrected chi connectivity index (χ1v) is 4.66. The predicted molar refractivity (Wildman–Crippen MR) is 45.8 cm³/mol. The van der Waals surface area contributed by atoms with Crippen LogP contribution in [0.5, 0.6) is 0 Å². The smallest absolute Gasteiger partial charge is 0.0490 e. The molecule has 1 saturated heterocycles. The number of nitrogens with one attached hydrogen (secondary N) is 2. The van der Waals surface area contributed by atoms with E-state index in [-0.39, 0.29) is 0 Å². The molecule has 0 radical (unpaired) electrons. The molecular weight excluding hydrogens is 150 g/mol. The van der Waals surface area contributed by atoms with Crippen LogP contribution in [-0.4, -0.2) is 22.8 Å². The Hall–Kier alpha value is -0.830. The highest BCUT2D eigenvalue weighted by atomic mass is 15.1. The number of hydrogen-bond donors (Lipinski definition) is 2. The molecule has 2 heterocycles. The van der Waals surface area contributed by atoms with Crippen LogP contribution in [0.1, 0.15) is 24.5 Å². The molecule has 0 aromatic carbocycles. The summed E-state index contributed by atoms with van der Waals surface area (Å²) in [6.07, 6.45) is 4.56. The third kappa shape index (κ3) is 0.829. The van der Waals surface area contributed by atoms with Crippen molar-refractivity contribution in [1.29, 1.82) is 0 Å². The van der Waals surface area contributed by atoms with Crippen molar-refractivity contribution in [2.45, 2.75) is 24.8 Å². The molecule has 64 valence electrons. The van der Waals surface area contributed by atoms with E-state index >= 15 is 0 Å². The number of H-pyrrole nitrogens is 1. The highest BCUT2D eigenvalue weighted by molar-refractivity contribution is 5.15. The summed E-state index contributed by atoms with van der Waals surface area (Å²) in [6, 6.07) is 2.82. The quantitative estimate of drug-likeness (QED) is 0.645. The summed E-state index contributed by atoms with van der Waals surface area (Å²) in [7, 11) is 0. The zero-order valence-electron chi connectivity index (χ0n) is 6.96. The van der Waals surface area contributed by atoms with Crippen LogP contribution in [0.25, 0.3) is 0 Å². The fourth-order valence-electron chi connectivity index (χ4n) is 2.67. The molecule has 2 N–H and O–H groups in total. The number of piperidine rings is 1. The Kier molecular flexibility index (Phi) is 1.29. The van der Waals surface area contributed by atoms with Crippen LogP contribution < -0.4 is 5.32 Å². The summed E-state index contributed by atoms with van der Waals surface area (Å²) in [5.41, 5.74) is 1.31. The lowest BCUT2D eigenvalue weighted by molar-refractivity contribution is 0.441. The third-order valence-electron chi connectivity index (χ3n) is 3.25. The minimum absolute atomic E-state index is 0.700. The van der Waals surface area contributed by atoms with Gasteiger partial charge in [0.2, 0.25) is 0 Å². The Labute approximate surface area is 71.6 Å². The van der Waals surface area contributed by atoms with Gasteiger partial charge in [-0.15, -0.1) is 0 Å². The summed E-state index contributed by atoms with van der Waals surface area (Å²) in [5, 5.41) is 10.6. The lowest BCUT2D eigenvalue weighted by Crippen LogP contribution is -2.31. The van der Waals surface area contributed by atoms with Gasteiger partial charge in [0.15, 0.2) is 0 Å². The average molecular weight is 163 g/mol. The maximum atomic E-state index is 4.00. The summed E-state index contributed by atoms with van der Waals surface area (Å²) >= 11 is 0. The molecule has 12 heavy (non-hydrogen) atoms. The van der Waals surface area contributed by atoms with Crippen molar-refractivity contribution in [3.63, 3.8) is 0 Å². The van der Waals surface area contributed by atoms with Crippen molar-refractivity contribution in [2.75, 3.05) is 6.54 Å². The normalized spacial score (nSPS) is 39.2. The van der Waals surface area contributed by atoms with Crippen LogP contribution in [0.3, 0.4) is 0 Å². The summed E-state index contributed by atoms with van der Waals surface area (Å²) in [5.74, 6) is 1.62. The van der Waals surface area contributed by atoms with Crippen molar-refractivity contribution in [3.05, 3.63) is 18.0 Å². The molecule has 3 rings (SSSR count). The number of hydrogen-bond acceptors (Lipinski definition) is 2. The van der Waals surface area contributed by atoms with E-state index in [1.807, 2.05) is 6.20 Å². The van der Waals surface area contributed by atoms with Gasteiger partial charge in [-0.25, -0.2) is 0 Å². The monoisotopic (exact) mass is 163 g/mol. The molecule has 3 heteroatoms. The zero-order chi connectivity index (χ0) is 7.97. The van der Waals surface area contributed by atoms with Gasteiger partial charge in [0.25, 0.3) is 0 Å². The van der Waals surface area contributed by atoms with Gasteiger partial charge in [0, 0.05) is 23.9 Å². The topological polar surface area (TPSA) is 40.7 Å². The molecule has 2 bridgehead atoms. The lowest BCUT2D eigenvalue weighted by atomic mass is 9.96. The van der Waals surface area contributed by atoms with Crippen molar-refractivity contribution in [1.82, 2.24) is 15.5 Å². The molecule has 0 amide bonds. The standard InChI is InChI=1S/C9H13N3/c1-2-11-12-8(1)7-3-6-4-9(7)10-5-6/h1-2,6-7,9-10H,3-5H2,(H,11,12). The second-order valence-corrected chi connectivity index (χ2v) is 3.97. The van der Waals surface area contributed by atoms with E-state index in [0.29, 0.717) is 5.92 Å². The van der Waals surface area contributed by atoms with E-state index in [1.165, 1.54) is 25.1 Å². The molecule has 1 aliphatic carbocycles. The third-order valence-corrected chi connectivity index (χ3v) is 3.25. The molecule has 1 aromatic heterocycles. The molecule has 3 atom stereocenters. The molecule has 1 saturated carbocycles. The fraction of sp³-hybridized carbons (Fsp3) is 0.667. The van der Waals surface area contributed by atoms with E-state index in [2.05, 4.69) is 21.6 Å². The van der Waals surface area contributed by atoms with Crippen molar-refractivity contribution >= 4 is 0 Å². The molecule has 2 aliphatic rings. The molecule has 1 aliphatic heterocycles. The highest BCUT2D eigenvalue weighted by Gasteiger charge is 2.40. The van der Waals surface area contributed by atoms with Gasteiger partial charge in [-0.2, -0.15) is 5.10 Å². The SMILES string of the molecule is c1cc(C2CC3CNC2C3)[nH]n1. The largest absolute Gasteiger partial charge is 0.313 e. The van der Waals surface area contributed by atoms with Crippen LogP contribution in [0.2, 0.25) is 0 Å². The number of nitrogens with zero attached hydrogens (tertiary/aromatic N) is 1. The van der Waals surface area contributed by atoms with Gasteiger partial charge >= 0.3 is 0 Å². The van der Waals surface area contributed by atoms with Gasteiger partial charge in [0.1, 0.15) is 0 Å². The minimum Gasteiger partial charge on any atom is -0.313 e. The summed E-state index contributed by atoms with van der Waals surface area (Å²) in [4.78, 5) is 0. The first kappa shape index (κ1) is 6.66. The van der Waals surface area contributed by atoms with Crippen LogP contribution in [0, 0.1) is 5.92 Å². The van der Waals surface area contributed by atoms with Gasteiger partial charge in [-0.1, -0.05) is 0 Å². The van der Waals surface area contributed by atoms with Crippen LogP contribution >= 0.6 is 0 Å². The number of aromatic amines is 1. The Morgan fingerprint density at radius 2 is 2.42 bits per heavy atom. The molecule has 3 unspecified atom stereocenters. The van der Waals surface area contributed by atoms with Crippen molar-refractivity contribution in [2.24, 2.45) is 5.92 Å². The van der Waals surface area contributed by atoms with Gasteiger partial charge in [-0.3, -0.25) is 5.10 Å². The van der Waals surface area contributed by atoms with E-state index in [1.54, 1.807) is 0 Å². The Balaban J connectivity index is 1.87. The predicted octanol–water partition coefficient (Wildman–Crippen LogP) is 0.875. The van der Waals surface area contributed by atoms with Crippen molar-refractivity contribution < 1.29 is 0 Å². The van der Waals surface area contributed by atoms with Crippen LogP contribution in [0.4, 0.5) is 0 Å². The molecule has 3 nitrogen and oxygen atoms in total. The zero-order valence-corrected chi connectivity index (χ0v) is 6.96. The number of aromatic nitrogens is 2. The first-order valence-electron chi connectivity index (χ1n) is 4.66. The Bertz CT molecular complexity index is 267. The summed E-state index contributed by atoms with van der Waals surface area (Å²) in [6.45, 7) is 1.23. The van der Waals surface area contributed by atoms with Crippen LogP contribution in [0.15, 0.2) is 12.3 Å². The first-order chi connectivity index (χ1) is 5.93. The van der Waals surface area contributed by atoms with E-state index in [0.717, 1.165) is 12.0 Å². The Morgan fingerprint density at radius 1 is 1.42 bits per heavy atom. The maximum absolute atomic E-state index is 4.00. The Morgan fingerprint density at radius 3 is 3.00 bits per heavy atom.